The Hall–Kier alpha value is -0.280. The Morgan fingerprint density at radius 3 is 2.53 bits per heavy atom. The zero-order valence-electron chi connectivity index (χ0n) is 12.2. The summed E-state index contributed by atoms with van der Waals surface area (Å²) in [7, 11) is 2.00. The van der Waals surface area contributed by atoms with E-state index in [2.05, 4.69) is 10.2 Å². The highest BCUT2D eigenvalue weighted by atomic mass is 35.5. The maximum atomic E-state index is 12.2. The molecule has 0 bridgehead atoms. The number of hydrogen-bond acceptors (Lipinski definition) is 2. The van der Waals surface area contributed by atoms with E-state index in [1.54, 1.807) is 0 Å². The van der Waals surface area contributed by atoms with Crippen molar-refractivity contribution < 1.29 is 4.79 Å². The Labute approximate surface area is 123 Å². The maximum absolute atomic E-state index is 12.2. The monoisotopic (exact) mass is 288 g/mol. The maximum Gasteiger partial charge on any atom is 0.222 e. The molecule has 1 unspecified atom stereocenters. The lowest BCUT2D eigenvalue weighted by Crippen LogP contribution is -2.42. The molecule has 2 aliphatic rings. The van der Waals surface area contributed by atoms with E-state index < -0.39 is 0 Å². The van der Waals surface area contributed by atoms with E-state index in [0.29, 0.717) is 11.8 Å². The molecule has 0 aromatic carbocycles. The van der Waals surface area contributed by atoms with Crippen LogP contribution in [-0.4, -0.2) is 37.5 Å². The van der Waals surface area contributed by atoms with Gasteiger partial charge in [0.15, 0.2) is 0 Å². The van der Waals surface area contributed by atoms with Crippen molar-refractivity contribution in [3.8, 4) is 0 Å². The van der Waals surface area contributed by atoms with Gasteiger partial charge >= 0.3 is 0 Å². The molecule has 1 heterocycles. The van der Waals surface area contributed by atoms with E-state index >= 15 is 0 Å². The van der Waals surface area contributed by atoms with Gasteiger partial charge in [-0.2, -0.15) is 0 Å². The largest absolute Gasteiger partial charge is 0.342 e. The minimum Gasteiger partial charge on any atom is -0.342 e. The molecule has 0 aromatic rings. The summed E-state index contributed by atoms with van der Waals surface area (Å²) < 4.78 is 0. The van der Waals surface area contributed by atoms with Crippen LogP contribution in [0.2, 0.25) is 0 Å². The lowest BCUT2D eigenvalue weighted by Gasteiger charge is -2.33. The predicted molar refractivity (Wildman–Crippen MR) is 81.7 cm³/mol. The van der Waals surface area contributed by atoms with Crippen molar-refractivity contribution in [1.29, 1.82) is 0 Å². The van der Waals surface area contributed by atoms with Gasteiger partial charge < -0.3 is 10.2 Å². The van der Waals surface area contributed by atoms with Crippen LogP contribution in [0.25, 0.3) is 0 Å². The Bertz CT molecular complexity index is 265. The number of hydrogen-bond donors (Lipinski definition) is 1. The van der Waals surface area contributed by atoms with E-state index in [4.69, 9.17) is 0 Å². The average Bonchev–Trinajstić information content (AvgIpc) is 2.90. The van der Waals surface area contributed by atoms with Crippen LogP contribution < -0.4 is 5.32 Å². The fourth-order valence-electron chi connectivity index (χ4n) is 3.53. The fraction of sp³-hybridized carbons (Fsp3) is 0.933. The third kappa shape index (κ3) is 5.31. The zero-order chi connectivity index (χ0) is 12.8. The van der Waals surface area contributed by atoms with Gasteiger partial charge in [-0.3, -0.25) is 4.79 Å². The van der Waals surface area contributed by atoms with Gasteiger partial charge in [-0.15, -0.1) is 12.4 Å². The van der Waals surface area contributed by atoms with Crippen LogP contribution in [0.4, 0.5) is 0 Å². The molecule has 0 spiro atoms. The van der Waals surface area contributed by atoms with Crippen LogP contribution in [0.1, 0.15) is 51.4 Å². The molecule has 1 aliphatic heterocycles. The van der Waals surface area contributed by atoms with Crippen LogP contribution in [0.15, 0.2) is 0 Å². The van der Waals surface area contributed by atoms with Crippen molar-refractivity contribution in [2.45, 2.75) is 51.4 Å². The summed E-state index contributed by atoms with van der Waals surface area (Å²) in [5.74, 6) is 1.91. The molecular formula is C15H29ClN2O. The number of amides is 1. The Morgan fingerprint density at radius 2 is 1.84 bits per heavy atom. The van der Waals surface area contributed by atoms with E-state index in [-0.39, 0.29) is 12.4 Å². The standard InChI is InChI=1S/C15H28N2O.ClH/c1-16-11-14-7-4-10-17(12-14)15(18)9-8-13-5-2-3-6-13;/h13-14,16H,2-12H2,1H3;1H. The smallest absolute Gasteiger partial charge is 0.222 e. The highest BCUT2D eigenvalue weighted by Crippen LogP contribution is 2.29. The first-order chi connectivity index (χ1) is 8.79. The topological polar surface area (TPSA) is 32.3 Å². The molecule has 1 amide bonds. The van der Waals surface area contributed by atoms with Crippen molar-refractivity contribution in [2.24, 2.45) is 11.8 Å². The first kappa shape index (κ1) is 16.8. The number of nitrogens with one attached hydrogen (secondary N) is 1. The number of halogens is 1. The van der Waals surface area contributed by atoms with Gasteiger partial charge in [-0.25, -0.2) is 0 Å². The fourth-order valence-corrected chi connectivity index (χ4v) is 3.53. The summed E-state index contributed by atoms with van der Waals surface area (Å²) in [4.78, 5) is 14.3. The Kier molecular flexibility index (Phi) is 7.77. The summed E-state index contributed by atoms with van der Waals surface area (Å²) in [6.07, 6.45) is 9.85. The van der Waals surface area contributed by atoms with Crippen molar-refractivity contribution in [2.75, 3.05) is 26.7 Å². The van der Waals surface area contributed by atoms with Gasteiger partial charge in [-0.05, 0) is 44.7 Å². The predicted octanol–water partition coefficient (Wildman–Crippen LogP) is 2.84. The van der Waals surface area contributed by atoms with Crippen LogP contribution in [0, 0.1) is 11.8 Å². The van der Waals surface area contributed by atoms with Crippen LogP contribution in [-0.2, 0) is 4.79 Å². The molecular weight excluding hydrogens is 260 g/mol. The van der Waals surface area contributed by atoms with E-state index in [1.165, 1.54) is 38.5 Å². The first-order valence-corrected chi connectivity index (χ1v) is 7.72. The number of rotatable bonds is 5. The van der Waals surface area contributed by atoms with Gasteiger partial charge in [0.25, 0.3) is 0 Å². The summed E-state index contributed by atoms with van der Waals surface area (Å²) in [5, 5.41) is 3.24. The molecule has 19 heavy (non-hydrogen) atoms. The number of carbonyl (C=O) groups excluding carboxylic acids is 1. The summed E-state index contributed by atoms with van der Waals surface area (Å²) in [6, 6.07) is 0. The van der Waals surface area contributed by atoms with E-state index in [9.17, 15) is 4.79 Å². The van der Waals surface area contributed by atoms with E-state index in [0.717, 1.165) is 38.4 Å². The third-order valence-electron chi connectivity index (χ3n) is 4.61. The van der Waals surface area contributed by atoms with Gasteiger partial charge in [0, 0.05) is 19.5 Å². The minimum atomic E-state index is 0. The molecule has 1 aliphatic carbocycles. The van der Waals surface area contributed by atoms with Gasteiger partial charge in [0.2, 0.25) is 5.91 Å². The first-order valence-electron chi connectivity index (χ1n) is 7.72. The second-order valence-corrected chi connectivity index (χ2v) is 6.09. The molecule has 112 valence electrons. The van der Waals surface area contributed by atoms with Gasteiger partial charge in [0.1, 0.15) is 0 Å². The summed E-state index contributed by atoms with van der Waals surface area (Å²) >= 11 is 0. The molecule has 1 N–H and O–H groups in total. The van der Waals surface area contributed by atoms with Gasteiger partial charge in [-0.1, -0.05) is 25.7 Å². The molecule has 1 saturated carbocycles. The van der Waals surface area contributed by atoms with Crippen LogP contribution in [0.3, 0.4) is 0 Å². The molecule has 3 nitrogen and oxygen atoms in total. The lowest BCUT2D eigenvalue weighted by molar-refractivity contribution is -0.133. The number of carbonyl (C=O) groups is 1. The second-order valence-electron chi connectivity index (χ2n) is 6.09. The number of nitrogens with zero attached hydrogens (tertiary/aromatic N) is 1. The minimum absolute atomic E-state index is 0. The Morgan fingerprint density at radius 1 is 1.16 bits per heavy atom. The highest BCUT2D eigenvalue weighted by molar-refractivity contribution is 5.85. The van der Waals surface area contributed by atoms with Crippen molar-refractivity contribution in [3.63, 3.8) is 0 Å². The molecule has 0 aromatic heterocycles. The average molecular weight is 289 g/mol. The summed E-state index contributed by atoms with van der Waals surface area (Å²) in [5.41, 5.74) is 0. The third-order valence-corrected chi connectivity index (χ3v) is 4.61. The van der Waals surface area contributed by atoms with Crippen molar-refractivity contribution >= 4 is 18.3 Å². The lowest BCUT2D eigenvalue weighted by atomic mass is 9.96. The summed E-state index contributed by atoms with van der Waals surface area (Å²) in [6.45, 7) is 3.01. The number of likely N-dealkylation sites (tertiary alicyclic amines) is 1. The molecule has 2 fully saturated rings. The zero-order valence-corrected chi connectivity index (χ0v) is 13.0. The van der Waals surface area contributed by atoms with Crippen molar-refractivity contribution in [1.82, 2.24) is 10.2 Å². The normalized spacial score (nSPS) is 24.3. The van der Waals surface area contributed by atoms with Crippen LogP contribution >= 0.6 is 12.4 Å². The molecule has 0 radical (unpaired) electrons. The molecule has 1 atom stereocenters. The van der Waals surface area contributed by atoms with E-state index in [1.807, 2.05) is 7.05 Å². The quantitative estimate of drug-likeness (QED) is 0.844. The van der Waals surface area contributed by atoms with Crippen molar-refractivity contribution in [3.05, 3.63) is 0 Å². The Balaban J connectivity index is 0.00000180. The SMILES string of the molecule is CNCC1CCCN(C(=O)CCC2CCCC2)C1.Cl. The molecule has 2 rings (SSSR count). The second kappa shape index (κ2) is 8.80. The van der Waals surface area contributed by atoms with Gasteiger partial charge in [0.05, 0.1) is 0 Å². The molecule has 1 saturated heterocycles. The number of piperidine rings is 1. The van der Waals surface area contributed by atoms with Crippen LogP contribution in [0.5, 0.6) is 0 Å². The molecule has 4 heteroatoms. The highest BCUT2D eigenvalue weighted by Gasteiger charge is 2.24.